The molecule has 0 saturated carbocycles. The topological polar surface area (TPSA) is 61.4 Å². The summed E-state index contributed by atoms with van der Waals surface area (Å²) >= 11 is 5.23. The number of hydrogen-bond donors (Lipinski definition) is 2. The van der Waals surface area contributed by atoms with Crippen LogP contribution in [0.25, 0.3) is 0 Å². The molecule has 5 nitrogen and oxygen atoms in total. The first-order chi connectivity index (χ1) is 9.77. The number of nitrogens with one attached hydrogen (secondary N) is 2. The zero-order valence-electron chi connectivity index (χ0n) is 12.9. The van der Waals surface area contributed by atoms with Crippen LogP contribution in [0.15, 0.2) is 29.2 Å². The lowest BCUT2D eigenvalue weighted by Gasteiger charge is -2.17. The molecule has 0 aliphatic rings. The van der Waals surface area contributed by atoms with Crippen LogP contribution in [0.2, 0.25) is 0 Å². The Hall–Kier alpha value is -1.18. The Kier molecular flexibility index (Phi) is 6.57. The van der Waals surface area contributed by atoms with Crippen LogP contribution in [0.1, 0.15) is 26.7 Å². The van der Waals surface area contributed by atoms with Crippen molar-refractivity contribution >= 4 is 33.0 Å². The summed E-state index contributed by atoms with van der Waals surface area (Å²) < 4.78 is 25.4. The highest BCUT2D eigenvalue weighted by Gasteiger charge is 2.17. The molecule has 21 heavy (non-hydrogen) atoms. The third kappa shape index (κ3) is 5.26. The SMILES string of the molecule is CCC[C@@H](C)NC(=S)Nc1cccc(S(=O)(=O)N(C)C)c1. The molecule has 0 spiro atoms. The van der Waals surface area contributed by atoms with Crippen molar-refractivity contribution in [3.05, 3.63) is 24.3 Å². The molecular weight excluding hydrogens is 306 g/mol. The molecule has 1 aromatic rings. The maximum absolute atomic E-state index is 12.1. The molecule has 1 atom stereocenters. The van der Waals surface area contributed by atoms with Gasteiger partial charge in [0.1, 0.15) is 0 Å². The van der Waals surface area contributed by atoms with Crippen molar-refractivity contribution < 1.29 is 8.42 Å². The largest absolute Gasteiger partial charge is 0.360 e. The molecule has 0 fully saturated rings. The summed E-state index contributed by atoms with van der Waals surface area (Å²) in [5, 5.41) is 6.69. The molecule has 0 bridgehead atoms. The van der Waals surface area contributed by atoms with Gasteiger partial charge in [-0.15, -0.1) is 0 Å². The van der Waals surface area contributed by atoms with E-state index < -0.39 is 10.0 Å². The Morgan fingerprint density at radius 1 is 1.38 bits per heavy atom. The average molecular weight is 329 g/mol. The predicted molar refractivity (Wildman–Crippen MR) is 91.0 cm³/mol. The van der Waals surface area contributed by atoms with Crippen LogP contribution in [-0.4, -0.2) is 38.0 Å². The lowest BCUT2D eigenvalue weighted by Crippen LogP contribution is -2.35. The second kappa shape index (κ2) is 7.72. The van der Waals surface area contributed by atoms with Gasteiger partial charge in [-0.05, 0) is 43.8 Å². The van der Waals surface area contributed by atoms with Crippen LogP contribution in [0.5, 0.6) is 0 Å². The van der Waals surface area contributed by atoms with E-state index in [2.05, 4.69) is 24.5 Å². The van der Waals surface area contributed by atoms with Gasteiger partial charge in [-0.3, -0.25) is 0 Å². The van der Waals surface area contributed by atoms with E-state index in [4.69, 9.17) is 12.2 Å². The van der Waals surface area contributed by atoms with Crippen molar-refractivity contribution in [2.24, 2.45) is 0 Å². The lowest BCUT2D eigenvalue weighted by atomic mass is 10.2. The summed E-state index contributed by atoms with van der Waals surface area (Å²) in [7, 11) is -0.421. The molecule has 1 aromatic carbocycles. The molecule has 0 aliphatic heterocycles. The summed E-state index contributed by atoms with van der Waals surface area (Å²) in [6.45, 7) is 4.18. The van der Waals surface area contributed by atoms with Gasteiger partial charge in [-0.1, -0.05) is 19.4 Å². The van der Waals surface area contributed by atoms with Crippen molar-refractivity contribution in [2.75, 3.05) is 19.4 Å². The van der Waals surface area contributed by atoms with E-state index in [-0.39, 0.29) is 10.9 Å². The first-order valence-corrected chi connectivity index (χ1v) is 8.72. The summed E-state index contributed by atoms with van der Waals surface area (Å²) in [6.07, 6.45) is 2.10. The Labute approximate surface area is 132 Å². The number of nitrogens with zero attached hydrogens (tertiary/aromatic N) is 1. The molecule has 0 radical (unpaired) electrons. The van der Waals surface area contributed by atoms with Crippen LogP contribution in [0.4, 0.5) is 5.69 Å². The van der Waals surface area contributed by atoms with Crippen LogP contribution in [0.3, 0.4) is 0 Å². The third-order valence-electron chi connectivity index (χ3n) is 2.97. The number of benzene rings is 1. The fourth-order valence-electron chi connectivity index (χ4n) is 1.84. The zero-order valence-corrected chi connectivity index (χ0v) is 14.5. The molecule has 118 valence electrons. The highest BCUT2D eigenvalue weighted by molar-refractivity contribution is 7.89. The summed E-state index contributed by atoms with van der Waals surface area (Å²) in [5.41, 5.74) is 0.652. The minimum Gasteiger partial charge on any atom is -0.360 e. The summed E-state index contributed by atoms with van der Waals surface area (Å²) in [5.74, 6) is 0. The molecule has 0 amide bonds. The molecule has 0 unspecified atom stereocenters. The minimum absolute atomic E-state index is 0.238. The Bertz CT molecular complexity index is 586. The van der Waals surface area contributed by atoms with E-state index in [0.29, 0.717) is 10.8 Å². The van der Waals surface area contributed by atoms with Gasteiger partial charge < -0.3 is 10.6 Å². The fraction of sp³-hybridized carbons (Fsp3) is 0.500. The quantitative estimate of drug-likeness (QED) is 0.785. The van der Waals surface area contributed by atoms with Crippen LogP contribution >= 0.6 is 12.2 Å². The number of hydrogen-bond acceptors (Lipinski definition) is 3. The zero-order chi connectivity index (χ0) is 16.0. The van der Waals surface area contributed by atoms with Gasteiger partial charge in [-0.2, -0.15) is 0 Å². The van der Waals surface area contributed by atoms with Gasteiger partial charge in [0.15, 0.2) is 5.11 Å². The Morgan fingerprint density at radius 3 is 2.62 bits per heavy atom. The Morgan fingerprint density at radius 2 is 2.05 bits per heavy atom. The van der Waals surface area contributed by atoms with Crippen LogP contribution in [-0.2, 0) is 10.0 Å². The summed E-state index contributed by atoms with van der Waals surface area (Å²) in [6, 6.07) is 6.90. The fourth-order valence-corrected chi connectivity index (χ4v) is 3.11. The first-order valence-electron chi connectivity index (χ1n) is 6.87. The second-order valence-electron chi connectivity index (χ2n) is 5.10. The van der Waals surface area contributed by atoms with Crippen molar-refractivity contribution in [1.82, 2.24) is 9.62 Å². The van der Waals surface area contributed by atoms with E-state index in [9.17, 15) is 8.42 Å². The predicted octanol–water partition coefficient (Wildman–Crippen LogP) is 2.41. The Balaban J connectivity index is 2.80. The van der Waals surface area contributed by atoms with Crippen molar-refractivity contribution in [2.45, 2.75) is 37.6 Å². The van der Waals surface area contributed by atoms with Gasteiger partial charge in [0, 0.05) is 25.8 Å². The first kappa shape index (κ1) is 17.9. The molecule has 0 aliphatic carbocycles. The average Bonchev–Trinajstić information content (AvgIpc) is 2.38. The maximum Gasteiger partial charge on any atom is 0.242 e. The van der Waals surface area contributed by atoms with Gasteiger partial charge in [0.2, 0.25) is 10.0 Å². The van der Waals surface area contributed by atoms with Crippen molar-refractivity contribution in [3.63, 3.8) is 0 Å². The van der Waals surface area contributed by atoms with Crippen molar-refractivity contribution in [1.29, 1.82) is 0 Å². The number of rotatable bonds is 6. The van der Waals surface area contributed by atoms with E-state index in [1.807, 2.05) is 0 Å². The lowest BCUT2D eigenvalue weighted by molar-refractivity contribution is 0.521. The molecule has 7 heteroatoms. The molecule has 0 heterocycles. The highest BCUT2D eigenvalue weighted by atomic mass is 32.2. The smallest absolute Gasteiger partial charge is 0.242 e. The van der Waals surface area contributed by atoms with Gasteiger partial charge in [-0.25, -0.2) is 12.7 Å². The minimum atomic E-state index is -3.44. The molecule has 0 saturated heterocycles. The van der Waals surface area contributed by atoms with Crippen LogP contribution < -0.4 is 10.6 Å². The van der Waals surface area contributed by atoms with Gasteiger partial charge >= 0.3 is 0 Å². The van der Waals surface area contributed by atoms with E-state index in [0.717, 1.165) is 12.8 Å². The highest BCUT2D eigenvalue weighted by Crippen LogP contribution is 2.17. The van der Waals surface area contributed by atoms with E-state index in [1.54, 1.807) is 24.3 Å². The van der Waals surface area contributed by atoms with E-state index in [1.165, 1.54) is 18.4 Å². The van der Waals surface area contributed by atoms with E-state index >= 15 is 0 Å². The molecule has 2 N–H and O–H groups in total. The van der Waals surface area contributed by atoms with Crippen LogP contribution in [0, 0.1) is 0 Å². The van der Waals surface area contributed by atoms with Gasteiger partial charge in [0.25, 0.3) is 0 Å². The maximum atomic E-state index is 12.1. The second-order valence-corrected chi connectivity index (χ2v) is 7.66. The van der Waals surface area contributed by atoms with Gasteiger partial charge in [0.05, 0.1) is 4.90 Å². The number of thiocarbonyl (C=S) groups is 1. The third-order valence-corrected chi connectivity index (χ3v) is 5.00. The molecular formula is C14H23N3O2S2. The molecule has 1 rings (SSSR count). The molecule has 0 aromatic heterocycles. The standard InChI is InChI=1S/C14H23N3O2S2/c1-5-7-11(2)15-14(20)16-12-8-6-9-13(10-12)21(18,19)17(3)4/h6,8-11H,5,7H2,1-4H3,(H2,15,16,20)/t11-/m1/s1. The number of sulfonamides is 1. The summed E-state index contributed by atoms with van der Waals surface area (Å²) in [4.78, 5) is 0.238. The normalized spacial score (nSPS) is 13.0. The monoisotopic (exact) mass is 329 g/mol. The number of anilines is 1. The van der Waals surface area contributed by atoms with Crippen molar-refractivity contribution in [3.8, 4) is 0 Å².